The lowest BCUT2D eigenvalue weighted by Gasteiger charge is -2.17. The fraction of sp³-hybridized carbons (Fsp3) is 0.350. The molecular weight excluding hydrogens is 272 g/mol. The Kier molecular flexibility index (Phi) is 4.28. The first-order valence-corrected chi connectivity index (χ1v) is 8.01. The van der Waals surface area contributed by atoms with E-state index < -0.39 is 0 Å². The summed E-state index contributed by atoms with van der Waals surface area (Å²) in [6.45, 7) is 4.22. The normalized spacial score (nSPS) is 15.0. The standard InChI is InChI=1S/C20H22O2/c1-14-10-19(22-18-8-3-4-9-18)11-15(2)20(14)17-7-5-6-16(12-17)13-21/h5-7,10-13,18H,3-4,8-9H2,1-2H3. The average Bonchev–Trinajstić information content (AvgIpc) is 2.99. The Labute approximate surface area is 132 Å². The van der Waals surface area contributed by atoms with Crippen LogP contribution in [0.5, 0.6) is 5.75 Å². The minimum absolute atomic E-state index is 0.378. The molecule has 0 radical (unpaired) electrons. The predicted molar refractivity (Wildman–Crippen MR) is 89.6 cm³/mol. The fourth-order valence-corrected chi connectivity index (χ4v) is 3.41. The van der Waals surface area contributed by atoms with Gasteiger partial charge >= 0.3 is 0 Å². The fourth-order valence-electron chi connectivity index (χ4n) is 3.41. The number of rotatable bonds is 4. The van der Waals surface area contributed by atoms with Crippen molar-refractivity contribution in [3.05, 3.63) is 53.1 Å². The second kappa shape index (κ2) is 6.35. The highest BCUT2D eigenvalue weighted by atomic mass is 16.5. The van der Waals surface area contributed by atoms with E-state index in [9.17, 15) is 4.79 Å². The van der Waals surface area contributed by atoms with Crippen LogP contribution in [0.4, 0.5) is 0 Å². The summed E-state index contributed by atoms with van der Waals surface area (Å²) in [4.78, 5) is 11.0. The van der Waals surface area contributed by atoms with E-state index in [-0.39, 0.29) is 0 Å². The monoisotopic (exact) mass is 294 g/mol. The van der Waals surface area contributed by atoms with Gasteiger partial charge in [0.25, 0.3) is 0 Å². The first kappa shape index (κ1) is 14.8. The first-order chi connectivity index (χ1) is 10.7. The maximum Gasteiger partial charge on any atom is 0.150 e. The van der Waals surface area contributed by atoms with Crippen LogP contribution in [0.3, 0.4) is 0 Å². The van der Waals surface area contributed by atoms with E-state index in [1.807, 2.05) is 18.2 Å². The Morgan fingerprint density at radius 1 is 1.05 bits per heavy atom. The van der Waals surface area contributed by atoms with Crippen molar-refractivity contribution < 1.29 is 9.53 Å². The molecule has 2 aromatic rings. The zero-order valence-corrected chi connectivity index (χ0v) is 13.3. The molecule has 2 aromatic carbocycles. The molecule has 22 heavy (non-hydrogen) atoms. The lowest BCUT2D eigenvalue weighted by molar-refractivity contribution is 0.112. The Balaban J connectivity index is 1.93. The Bertz CT molecular complexity index is 659. The second-order valence-corrected chi connectivity index (χ2v) is 6.20. The van der Waals surface area contributed by atoms with Gasteiger partial charge in [0.05, 0.1) is 6.10 Å². The molecule has 2 heteroatoms. The highest BCUT2D eigenvalue weighted by Crippen LogP contribution is 2.33. The third-order valence-electron chi connectivity index (χ3n) is 4.42. The van der Waals surface area contributed by atoms with Crippen LogP contribution in [0.25, 0.3) is 11.1 Å². The van der Waals surface area contributed by atoms with Gasteiger partial charge in [-0.05, 0) is 80.0 Å². The molecule has 0 amide bonds. The molecule has 1 aliphatic carbocycles. The lowest BCUT2D eigenvalue weighted by Crippen LogP contribution is -2.11. The SMILES string of the molecule is Cc1cc(OC2CCCC2)cc(C)c1-c1cccc(C=O)c1. The van der Waals surface area contributed by atoms with Gasteiger partial charge in [-0.3, -0.25) is 4.79 Å². The van der Waals surface area contributed by atoms with E-state index in [2.05, 4.69) is 32.0 Å². The van der Waals surface area contributed by atoms with Crippen molar-refractivity contribution >= 4 is 6.29 Å². The maximum absolute atomic E-state index is 11.0. The van der Waals surface area contributed by atoms with Gasteiger partial charge in [0.1, 0.15) is 12.0 Å². The number of carbonyl (C=O) groups is 1. The van der Waals surface area contributed by atoms with Crippen molar-refractivity contribution in [1.82, 2.24) is 0 Å². The summed E-state index contributed by atoms with van der Waals surface area (Å²) in [6, 6.07) is 12.0. The van der Waals surface area contributed by atoms with Crippen LogP contribution in [0, 0.1) is 13.8 Å². The Hall–Kier alpha value is -2.09. The predicted octanol–water partition coefficient (Wildman–Crippen LogP) is 5.10. The van der Waals surface area contributed by atoms with Crippen LogP contribution in [0.15, 0.2) is 36.4 Å². The summed E-state index contributed by atoms with van der Waals surface area (Å²) >= 11 is 0. The van der Waals surface area contributed by atoms with E-state index in [1.165, 1.54) is 42.4 Å². The largest absolute Gasteiger partial charge is 0.490 e. The van der Waals surface area contributed by atoms with Crippen LogP contribution in [-0.4, -0.2) is 12.4 Å². The number of carbonyl (C=O) groups excluding carboxylic acids is 1. The Morgan fingerprint density at radius 2 is 1.73 bits per heavy atom. The number of aldehydes is 1. The minimum atomic E-state index is 0.378. The van der Waals surface area contributed by atoms with Gasteiger partial charge < -0.3 is 4.74 Å². The van der Waals surface area contributed by atoms with E-state index in [0.717, 1.165) is 17.6 Å². The van der Waals surface area contributed by atoms with E-state index in [4.69, 9.17) is 4.74 Å². The molecule has 1 aliphatic rings. The summed E-state index contributed by atoms with van der Waals surface area (Å²) in [6.07, 6.45) is 6.16. The number of aryl methyl sites for hydroxylation is 2. The highest BCUT2D eigenvalue weighted by Gasteiger charge is 2.17. The molecule has 0 unspecified atom stereocenters. The van der Waals surface area contributed by atoms with Gasteiger partial charge in [-0.1, -0.05) is 18.2 Å². The molecule has 0 atom stereocenters. The summed E-state index contributed by atoms with van der Waals surface area (Å²) in [7, 11) is 0. The van der Waals surface area contributed by atoms with Crippen molar-refractivity contribution in [3.63, 3.8) is 0 Å². The van der Waals surface area contributed by atoms with Crippen molar-refractivity contribution in [3.8, 4) is 16.9 Å². The molecular formula is C20H22O2. The molecule has 0 spiro atoms. The van der Waals surface area contributed by atoms with Crippen LogP contribution < -0.4 is 4.74 Å². The zero-order chi connectivity index (χ0) is 15.5. The molecule has 0 N–H and O–H groups in total. The molecule has 114 valence electrons. The molecule has 2 nitrogen and oxygen atoms in total. The molecule has 0 aromatic heterocycles. The molecule has 3 rings (SSSR count). The van der Waals surface area contributed by atoms with E-state index in [0.29, 0.717) is 11.7 Å². The van der Waals surface area contributed by atoms with Crippen molar-refractivity contribution in [2.45, 2.75) is 45.6 Å². The summed E-state index contributed by atoms with van der Waals surface area (Å²) in [5.74, 6) is 0.970. The van der Waals surface area contributed by atoms with Crippen LogP contribution in [0.2, 0.25) is 0 Å². The zero-order valence-electron chi connectivity index (χ0n) is 13.3. The number of benzene rings is 2. The molecule has 0 aliphatic heterocycles. The number of ether oxygens (including phenoxy) is 1. The molecule has 0 bridgehead atoms. The van der Waals surface area contributed by atoms with Crippen LogP contribution in [0.1, 0.15) is 47.2 Å². The van der Waals surface area contributed by atoms with E-state index in [1.54, 1.807) is 0 Å². The first-order valence-electron chi connectivity index (χ1n) is 8.01. The molecule has 1 saturated carbocycles. The quantitative estimate of drug-likeness (QED) is 0.733. The summed E-state index contributed by atoms with van der Waals surface area (Å²) in [5, 5.41) is 0. The average molecular weight is 294 g/mol. The summed E-state index contributed by atoms with van der Waals surface area (Å²) in [5.41, 5.74) is 5.38. The van der Waals surface area contributed by atoms with Crippen LogP contribution in [-0.2, 0) is 0 Å². The van der Waals surface area contributed by atoms with Crippen LogP contribution >= 0.6 is 0 Å². The summed E-state index contributed by atoms with van der Waals surface area (Å²) < 4.78 is 6.12. The highest BCUT2D eigenvalue weighted by molar-refractivity contribution is 5.80. The second-order valence-electron chi connectivity index (χ2n) is 6.20. The van der Waals surface area contributed by atoms with Gasteiger partial charge in [0.15, 0.2) is 0 Å². The molecule has 0 saturated heterocycles. The van der Waals surface area contributed by atoms with Crippen molar-refractivity contribution in [2.75, 3.05) is 0 Å². The maximum atomic E-state index is 11.0. The third kappa shape index (κ3) is 3.06. The van der Waals surface area contributed by atoms with Crippen molar-refractivity contribution in [2.24, 2.45) is 0 Å². The van der Waals surface area contributed by atoms with Crippen molar-refractivity contribution in [1.29, 1.82) is 0 Å². The molecule has 0 heterocycles. The number of hydrogen-bond acceptors (Lipinski definition) is 2. The van der Waals surface area contributed by atoms with Gasteiger partial charge in [0.2, 0.25) is 0 Å². The minimum Gasteiger partial charge on any atom is -0.490 e. The lowest BCUT2D eigenvalue weighted by atomic mass is 9.94. The Morgan fingerprint density at radius 3 is 2.36 bits per heavy atom. The smallest absolute Gasteiger partial charge is 0.150 e. The van der Waals surface area contributed by atoms with Gasteiger partial charge in [-0.2, -0.15) is 0 Å². The van der Waals surface area contributed by atoms with Gasteiger partial charge in [-0.25, -0.2) is 0 Å². The van der Waals surface area contributed by atoms with E-state index >= 15 is 0 Å². The van der Waals surface area contributed by atoms with Gasteiger partial charge in [0, 0.05) is 5.56 Å². The van der Waals surface area contributed by atoms with Gasteiger partial charge in [-0.15, -0.1) is 0 Å². The topological polar surface area (TPSA) is 26.3 Å². The number of hydrogen-bond donors (Lipinski definition) is 0. The third-order valence-corrected chi connectivity index (χ3v) is 4.42. The molecule has 1 fully saturated rings.